The van der Waals surface area contributed by atoms with E-state index in [4.69, 9.17) is 11.6 Å². The molecule has 0 unspecified atom stereocenters. The normalized spacial score (nSPS) is 10.9. The molecule has 17 heavy (non-hydrogen) atoms. The zero-order chi connectivity index (χ0) is 11.7. The second-order valence-electron chi connectivity index (χ2n) is 4.05. The molecule has 3 aromatic rings. The van der Waals surface area contributed by atoms with Gasteiger partial charge in [0.15, 0.2) is 0 Å². The molecule has 1 heterocycles. The van der Waals surface area contributed by atoms with Gasteiger partial charge in [-0.2, -0.15) is 0 Å². The molecule has 84 valence electrons. The van der Waals surface area contributed by atoms with Crippen LogP contribution < -0.4 is 0 Å². The van der Waals surface area contributed by atoms with Crippen molar-refractivity contribution in [2.75, 3.05) is 0 Å². The second-order valence-corrected chi connectivity index (χ2v) is 5.66. The van der Waals surface area contributed by atoms with Crippen molar-refractivity contribution in [1.29, 1.82) is 0 Å². The van der Waals surface area contributed by atoms with Gasteiger partial charge in [-0.25, -0.2) is 0 Å². The van der Waals surface area contributed by atoms with E-state index in [1.54, 1.807) is 0 Å². The van der Waals surface area contributed by atoms with Crippen molar-refractivity contribution in [3.8, 4) is 0 Å². The summed E-state index contributed by atoms with van der Waals surface area (Å²) in [5, 5.41) is 2.13. The van der Waals surface area contributed by atoms with Crippen molar-refractivity contribution in [2.45, 2.75) is 6.42 Å². The smallest absolute Gasteiger partial charge is 0.0406 e. The van der Waals surface area contributed by atoms with E-state index in [9.17, 15) is 0 Å². The van der Waals surface area contributed by atoms with E-state index in [2.05, 4.69) is 42.5 Å². The Kier molecular flexibility index (Phi) is 2.87. The third-order valence-corrected chi connectivity index (χ3v) is 4.14. The standard InChI is InChI=1S/C15H11ClS/c16-13-7-5-11(6-8-13)9-14-10-12-3-1-2-4-15(12)17-14/h1-8,10H,9H2. The zero-order valence-electron chi connectivity index (χ0n) is 9.19. The van der Waals surface area contributed by atoms with E-state index in [0.717, 1.165) is 11.4 Å². The van der Waals surface area contributed by atoms with Crippen LogP contribution >= 0.6 is 22.9 Å². The van der Waals surface area contributed by atoms with Crippen molar-refractivity contribution in [2.24, 2.45) is 0 Å². The Bertz CT molecular complexity index is 604. The van der Waals surface area contributed by atoms with Crippen LogP contribution in [0.2, 0.25) is 5.02 Å². The molecular weight excluding hydrogens is 248 g/mol. The summed E-state index contributed by atoms with van der Waals surface area (Å²) in [5.74, 6) is 0. The lowest BCUT2D eigenvalue weighted by atomic mass is 10.1. The van der Waals surface area contributed by atoms with Crippen LogP contribution in [0, 0.1) is 0 Å². The Balaban J connectivity index is 1.92. The van der Waals surface area contributed by atoms with Crippen LogP contribution in [-0.4, -0.2) is 0 Å². The summed E-state index contributed by atoms with van der Waals surface area (Å²) < 4.78 is 1.36. The molecule has 0 nitrogen and oxygen atoms in total. The highest BCUT2D eigenvalue weighted by atomic mass is 35.5. The average molecular weight is 259 g/mol. The van der Waals surface area contributed by atoms with Crippen molar-refractivity contribution in [1.82, 2.24) is 0 Å². The number of fused-ring (bicyclic) bond motifs is 1. The maximum atomic E-state index is 5.88. The number of hydrogen-bond acceptors (Lipinski definition) is 1. The summed E-state index contributed by atoms with van der Waals surface area (Å²) in [7, 11) is 0. The van der Waals surface area contributed by atoms with Gasteiger partial charge in [0.25, 0.3) is 0 Å². The summed E-state index contributed by atoms with van der Waals surface area (Å²) in [4.78, 5) is 1.40. The summed E-state index contributed by atoms with van der Waals surface area (Å²) in [5.41, 5.74) is 1.31. The third-order valence-electron chi connectivity index (χ3n) is 2.77. The van der Waals surface area contributed by atoms with Gasteiger partial charge < -0.3 is 0 Å². The van der Waals surface area contributed by atoms with E-state index in [1.165, 1.54) is 20.5 Å². The number of halogens is 1. The molecule has 3 rings (SSSR count). The van der Waals surface area contributed by atoms with Gasteiger partial charge in [0.05, 0.1) is 0 Å². The summed E-state index contributed by atoms with van der Waals surface area (Å²) in [6.45, 7) is 0. The Hall–Kier alpha value is -1.31. The molecular formula is C15H11ClS. The topological polar surface area (TPSA) is 0 Å². The molecule has 0 aliphatic rings. The lowest BCUT2D eigenvalue weighted by Gasteiger charge is -1.98. The molecule has 2 heteroatoms. The fourth-order valence-corrected chi connectivity index (χ4v) is 3.15. The Morgan fingerprint density at radius 3 is 2.47 bits per heavy atom. The zero-order valence-corrected chi connectivity index (χ0v) is 10.8. The lowest BCUT2D eigenvalue weighted by molar-refractivity contribution is 1.24. The van der Waals surface area contributed by atoms with Crippen LogP contribution in [0.4, 0.5) is 0 Å². The quantitative estimate of drug-likeness (QED) is 0.597. The molecule has 0 saturated carbocycles. The van der Waals surface area contributed by atoms with Crippen LogP contribution in [0.1, 0.15) is 10.4 Å². The Labute approximate surface area is 109 Å². The molecule has 0 fully saturated rings. The molecule has 1 aromatic heterocycles. The number of rotatable bonds is 2. The van der Waals surface area contributed by atoms with Crippen LogP contribution in [-0.2, 0) is 6.42 Å². The SMILES string of the molecule is Clc1ccc(Cc2cc3ccccc3s2)cc1. The van der Waals surface area contributed by atoms with Crippen LogP contribution in [0.25, 0.3) is 10.1 Å². The minimum Gasteiger partial charge on any atom is -0.140 e. The summed E-state index contributed by atoms with van der Waals surface area (Å²) >= 11 is 7.74. The first-order valence-corrected chi connectivity index (χ1v) is 6.72. The highest BCUT2D eigenvalue weighted by Crippen LogP contribution is 2.27. The van der Waals surface area contributed by atoms with Crippen molar-refractivity contribution in [3.05, 3.63) is 70.1 Å². The van der Waals surface area contributed by atoms with Gasteiger partial charge in [-0.1, -0.05) is 41.9 Å². The summed E-state index contributed by atoms with van der Waals surface area (Å²) in [6, 6.07) is 18.9. The van der Waals surface area contributed by atoms with Gasteiger partial charge in [-0.15, -0.1) is 11.3 Å². The van der Waals surface area contributed by atoms with Gasteiger partial charge in [0.2, 0.25) is 0 Å². The third kappa shape index (κ3) is 2.36. The minimum absolute atomic E-state index is 0.796. The van der Waals surface area contributed by atoms with Crippen LogP contribution in [0.3, 0.4) is 0 Å². The predicted molar refractivity (Wildman–Crippen MR) is 76.1 cm³/mol. The van der Waals surface area contributed by atoms with E-state index < -0.39 is 0 Å². The molecule has 0 atom stereocenters. The van der Waals surface area contributed by atoms with Crippen molar-refractivity contribution < 1.29 is 0 Å². The fourth-order valence-electron chi connectivity index (χ4n) is 1.93. The van der Waals surface area contributed by atoms with E-state index >= 15 is 0 Å². The highest BCUT2D eigenvalue weighted by molar-refractivity contribution is 7.19. The molecule has 0 radical (unpaired) electrons. The molecule has 0 aliphatic carbocycles. The fraction of sp³-hybridized carbons (Fsp3) is 0.0667. The maximum Gasteiger partial charge on any atom is 0.0406 e. The molecule has 0 aliphatic heterocycles. The van der Waals surface area contributed by atoms with Crippen molar-refractivity contribution in [3.63, 3.8) is 0 Å². The maximum absolute atomic E-state index is 5.88. The first-order chi connectivity index (χ1) is 8.31. The molecule has 0 bridgehead atoms. The number of thiophene rings is 1. The molecule has 0 spiro atoms. The largest absolute Gasteiger partial charge is 0.140 e. The van der Waals surface area contributed by atoms with Crippen LogP contribution in [0.15, 0.2) is 54.6 Å². The monoisotopic (exact) mass is 258 g/mol. The lowest BCUT2D eigenvalue weighted by Crippen LogP contribution is -1.82. The van der Waals surface area contributed by atoms with Gasteiger partial charge in [0, 0.05) is 21.0 Å². The predicted octanol–water partition coefficient (Wildman–Crippen LogP) is 5.15. The highest BCUT2D eigenvalue weighted by Gasteiger charge is 2.02. The first-order valence-electron chi connectivity index (χ1n) is 5.53. The Morgan fingerprint density at radius 1 is 0.941 bits per heavy atom. The molecule has 0 saturated heterocycles. The second kappa shape index (κ2) is 4.52. The van der Waals surface area contributed by atoms with E-state index in [0.29, 0.717) is 0 Å². The average Bonchev–Trinajstić information content (AvgIpc) is 2.74. The summed E-state index contributed by atoms with van der Waals surface area (Å²) in [6.07, 6.45) is 0.983. The molecule has 2 aromatic carbocycles. The Morgan fingerprint density at radius 2 is 1.71 bits per heavy atom. The number of hydrogen-bond donors (Lipinski definition) is 0. The van der Waals surface area contributed by atoms with Crippen LogP contribution in [0.5, 0.6) is 0 Å². The van der Waals surface area contributed by atoms with E-state index in [-0.39, 0.29) is 0 Å². The van der Waals surface area contributed by atoms with Gasteiger partial charge in [0.1, 0.15) is 0 Å². The molecule has 0 amide bonds. The van der Waals surface area contributed by atoms with Gasteiger partial charge in [-0.05, 0) is 35.2 Å². The van der Waals surface area contributed by atoms with Crippen molar-refractivity contribution >= 4 is 33.0 Å². The molecule has 0 N–H and O–H groups in total. The first kappa shape index (κ1) is 10.8. The van der Waals surface area contributed by atoms with Gasteiger partial charge >= 0.3 is 0 Å². The van der Waals surface area contributed by atoms with Gasteiger partial charge in [-0.3, -0.25) is 0 Å². The minimum atomic E-state index is 0.796. The van der Waals surface area contributed by atoms with E-state index in [1.807, 2.05) is 23.5 Å². The number of benzene rings is 2.